The number of rotatable bonds is 6. The highest BCUT2D eigenvalue weighted by molar-refractivity contribution is 8.00. The maximum atomic E-state index is 14.0. The molecular formula is C16H23FN3O2S+. The summed E-state index contributed by atoms with van der Waals surface area (Å²) in [4.78, 5) is 27.2. The fraction of sp³-hybridized carbons (Fsp3) is 0.500. The molecule has 0 saturated carbocycles. The predicted octanol–water partition coefficient (Wildman–Crippen LogP) is 0.0489. The van der Waals surface area contributed by atoms with Crippen LogP contribution in [-0.4, -0.2) is 55.7 Å². The number of thioether (sulfide) groups is 1. The van der Waals surface area contributed by atoms with E-state index in [4.69, 9.17) is 0 Å². The SMILES string of the molecule is C[C@H](C(=O)NCC[NH+](C)C)N1C(=O)CS[C@@H]1c1ccccc1F. The van der Waals surface area contributed by atoms with E-state index >= 15 is 0 Å². The Morgan fingerprint density at radius 1 is 1.48 bits per heavy atom. The van der Waals surface area contributed by atoms with Gasteiger partial charge in [-0.05, 0) is 13.0 Å². The second-order valence-electron chi connectivity index (χ2n) is 5.91. The molecule has 2 amide bonds. The average Bonchev–Trinajstić information content (AvgIpc) is 2.88. The minimum Gasteiger partial charge on any atom is -0.349 e. The molecule has 2 atom stereocenters. The van der Waals surface area contributed by atoms with Crippen LogP contribution in [0.25, 0.3) is 0 Å². The number of nitrogens with one attached hydrogen (secondary N) is 2. The van der Waals surface area contributed by atoms with Crippen molar-refractivity contribution in [1.82, 2.24) is 10.2 Å². The molecule has 1 saturated heterocycles. The van der Waals surface area contributed by atoms with Crippen molar-refractivity contribution in [1.29, 1.82) is 0 Å². The minimum absolute atomic E-state index is 0.135. The fourth-order valence-electron chi connectivity index (χ4n) is 2.48. The van der Waals surface area contributed by atoms with Crippen molar-refractivity contribution in [2.45, 2.75) is 18.3 Å². The van der Waals surface area contributed by atoms with Gasteiger partial charge in [0.2, 0.25) is 11.8 Å². The van der Waals surface area contributed by atoms with Crippen LogP contribution in [0.15, 0.2) is 24.3 Å². The molecule has 0 bridgehead atoms. The molecule has 0 unspecified atom stereocenters. The van der Waals surface area contributed by atoms with Crippen LogP contribution >= 0.6 is 11.8 Å². The highest BCUT2D eigenvalue weighted by atomic mass is 32.2. The van der Waals surface area contributed by atoms with Crippen molar-refractivity contribution in [3.8, 4) is 0 Å². The lowest BCUT2D eigenvalue weighted by molar-refractivity contribution is -0.856. The van der Waals surface area contributed by atoms with Crippen LogP contribution in [0.2, 0.25) is 0 Å². The third kappa shape index (κ3) is 4.23. The summed E-state index contributed by atoms with van der Waals surface area (Å²) in [6.07, 6.45) is 0. The molecule has 23 heavy (non-hydrogen) atoms. The van der Waals surface area contributed by atoms with Crippen LogP contribution in [0.1, 0.15) is 17.9 Å². The highest BCUT2D eigenvalue weighted by Crippen LogP contribution is 2.40. The van der Waals surface area contributed by atoms with E-state index in [-0.39, 0.29) is 23.4 Å². The van der Waals surface area contributed by atoms with Gasteiger partial charge >= 0.3 is 0 Å². The Bertz CT molecular complexity index is 582. The van der Waals surface area contributed by atoms with Crippen LogP contribution in [0.5, 0.6) is 0 Å². The third-order valence-corrected chi connectivity index (χ3v) is 5.01. The van der Waals surface area contributed by atoms with E-state index in [9.17, 15) is 14.0 Å². The molecule has 0 spiro atoms. The molecule has 5 nitrogen and oxygen atoms in total. The number of halogens is 1. The van der Waals surface area contributed by atoms with Gasteiger partial charge in [0.25, 0.3) is 0 Å². The number of hydrogen-bond acceptors (Lipinski definition) is 3. The fourth-order valence-corrected chi connectivity index (χ4v) is 3.76. The summed E-state index contributed by atoms with van der Waals surface area (Å²) in [6, 6.07) is 5.77. The lowest BCUT2D eigenvalue weighted by Crippen LogP contribution is -3.06. The summed E-state index contributed by atoms with van der Waals surface area (Å²) < 4.78 is 14.0. The van der Waals surface area contributed by atoms with Crippen molar-refractivity contribution in [2.75, 3.05) is 32.9 Å². The summed E-state index contributed by atoms with van der Waals surface area (Å²) >= 11 is 1.35. The number of amides is 2. The number of carbonyl (C=O) groups excluding carboxylic acids is 2. The van der Waals surface area contributed by atoms with Gasteiger partial charge in [0.05, 0.1) is 32.9 Å². The van der Waals surface area contributed by atoms with E-state index in [1.54, 1.807) is 25.1 Å². The lowest BCUT2D eigenvalue weighted by atomic mass is 10.1. The van der Waals surface area contributed by atoms with Gasteiger partial charge in [0.15, 0.2) is 0 Å². The molecule has 0 radical (unpaired) electrons. The van der Waals surface area contributed by atoms with E-state index in [1.807, 2.05) is 14.1 Å². The molecule has 1 heterocycles. The Hall–Kier alpha value is -1.60. The monoisotopic (exact) mass is 340 g/mol. The van der Waals surface area contributed by atoms with E-state index < -0.39 is 11.4 Å². The highest BCUT2D eigenvalue weighted by Gasteiger charge is 2.39. The molecule has 2 rings (SSSR count). The first-order valence-electron chi connectivity index (χ1n) is 7.65. The molecule has 2 N–H and O–H groups in total. The summed E-state index contributed by atoms with van der Waals surface area (Å²) in [5.41, 5.74) is 0.445. The number of nitrogens with zero attached hydrogens (tertiary/aromatic N) is 1. The molecule has 1 aromatic rings. The first-order valence-corrected chi connectivity index (χ1v) is 8.70. The van der Waals surface area contributed by atoms with Crippen LogP contribution in [-0.2, 0) is 9.59 Å². The van der Waals surface area contributed by atoms with Crippen molar-refractivity contribution >= 4 is 23.6 Å². The van der Waals surface area contributed by atoms with Gasteiger partial charge in [-0.2, -0.15) is 0 Å². The van der Waals surface area contributed by atoms with Crippen LogP contribution in [0.3, 0.4) is 0 Å². The van der Waals surface area contributed by atoms with E-state index in [1.165, 1.54) is 27.6 Å². The second kappa shape index (κ2) is 7.79. The summed E-state index contributed by atoms with van der Waals surface area (Å²) in [5, 5.41) is 2.39. The smallest absolute Gasteiger partial charge is 0.242 e. The molecule has 7 heteroatoms. The molecule has 1 aliphatic rings. The zero-order valence-corrected chi connectivity index (χ0v) is 14.5. The second-order valence-corrected chi connectivity index (χ2v) is 6.98. The number of hydrogen-bond donors (Lipinski definition) is 2. The topological polar surface area (TPSA) is 53.9 Å². The summed E-state index contributed by atoms with van der Waals surface area (Å²) in [6.45, 7) is 3.04. The maximum absolute atomic E-state index is 14.0. The largest absolute Gasteiger partial charge is 0.349 e. The summed E-state index contributed by atoms with van der Waals surface area (Å²) in [5.74, 6) is -0.431. The summed E-state index contributed by atoms with van der Waals surface area (Å²) in [7, 11) is 4.01. The average molecular weight is 340 g/mol. The molecule has 0 aromatic heterocycles. The van der Waals surface area contributed by atoms with Gasteiger partial charge in [0, 0.05) is 5.56 Å². The van der Waals surface area contributed by atoms with Crippen LogP contribution < -0.4 is 10.2 Å². The van der Waals surface area contributed by atoms with Gasteiger partial charge in [-0.3, -0.25) is 9.59 Å². The number of benzene rings is 1. The molecule has 126 valence electrons. The van der Waals surface area contributed by atoms with Crippen LogP contribution in [0, 0.1) is 5.82 Å². The molecule has 0 aliphatic carbocycles. The molecule has 1 aromatic carbocycles. The van der Waals surface area contributed by atoms with Crippen molar-refractivity contribution in [3.05, 3.63) is 35.6 Å². The number of quaternary nitrogens is 1. The Morgan fingerprint density at radius 3 is 2.83 bits per heavy atom. The van der Waals surface area contributed by atoms with E-state index in [0.717, 1.165) is 6.54 Å². The normalized spacial score (nSPS) is 19.3. The number of likely N-dealkylation sites (N-methyl/N-ethyl adjacent to an activating group) is 1. The van der Waals surface area contributed by atoms with E-state index in [2.05, 4.69) is 5.32 Å². The van der Waals surface area contributed by atoms with Crippen molar-refractivity contribution < 1.29 is 18.9 Å². The Morgan fingerprint density at radius 2 is 2.17 bits per heavy atom. The first-order chi connectivity index (χ1) is 10.9. The van der Waals surface area contributed by atoms with Crippen LogP contribution in [0.4, 0.5) is 4.39 Å². The van der Waals surface area contributed by atoms with E-state index in [0.29, 0.717) is 12.1 Å². The van der Waals surface area contributed by atoms with Gasteiger partial charge in [-0.25, -0.2) is 4.39 Å². The zero-order chi connectivity index (χ0) is 17.0. The molecule has 1 fully saturated rings. The Balaban J connectivity index is 2.10. The molecular weight excluding hydrogens is 317 g/mol. The standard InChI is InChI=1S/C16H22FN3O2S/c1-11(15(22)18-8-9-19(2)3)20-14(21)10-23-16(20)12-6-4-5-7-13(12)17/h4-7,11,16H,8-10H2,1-3H3,(H,18,22)/p+1/t11-,16-/m1/s1. The lowest BCUT2D eigenvalue weighted by Gasteiger charge is -2.29. The quantitative estimate of drug-likeness (QED) is 0.769. The van der Waals surface area contributed by atoms with Gasteiger partial charge in [-0.1, -0.05) is 18.2 Å². The van der Waals surface area contributed by atoms with Gasteiger partial charge in [-0.15, -0.1) is 11.8 Å². The van der Waals surface area contributed by atoms with Crippen molar-refractivity contribution in [3.63, 3.8) is 0 Å². The Labute approximate surface area is 140 Å². The minimum atomic E-state index is -0.626. The van der Waals surface area contributed by atoms with Gasteiger partial charge < -0.3 is 15.1 Å². The van der Waals surface area contributed by atoms with Gasteiger partial charge in [0.1, 0.15) is 17.2 Å². The maximum Gasteiger partial charge on any atom is 0.242 e. The van der Waals surface area contributed by atoms with Crippen molar-refractivity contribution in [2.24, 2.45) is 0 Å². The number of carbonyl (C=O) groups is 2. The Kier molecular flexibility index (Phi) is 6.01. The predicted molar refractivity (Wildman–Crippen MR) is 88.6 cm³/mol. The molecule has 1 aliphatic heterocycles. The third-order valence-electron chi connectivity index (χ3n) is 3.80. The zero-order valence-electron chi connectivity index (χ0n) is 13.6. The first kappa shape index (κ1) is 17.7.